The number of non-ortho nitro benzene ring substituents is 1. The summed E-state index contributed by atoms with van der Waals surface area (Å²) in [6.07, 6.45) is -2.91. The second-order valence-corrected chi connectivity index (χ2v) is 6.95. The van der Waals surface area contributed by atoms with E-state index in [9.17, 15) is 23.3 Å². The van der Waals surface area contributed by atoms with Gasteiger partial charge in [0.2, 0.25) is 0 Å². The average Bonchev–Trinajstić information content (AvgIpc) is 3.14. The lowest BCUT2D eigenvalue weighted by Crippen LogP contribution is -2.47. The van der Waals surface area contributed by atoms with Crippen molar-refractivity contribution in [2.24, 2.45) is 0 Å². The fourth-order valence-electron chi connectivity index (χ4n) is 3.09. The van der Waals surface area contributed by atoms with E-state index < -0.39 is 22.4 Å². The van der Waals surface area contributed by atoms with Crippen molar-refractivity contribution in [3.8, 4) is 0 Å². The lowest BCUT2D eigenvalue weighted by atomic mass is 10.1. The lowest BCUT2D eigenvalue weighted by Gasteiger charge is -2.39. The number of anilines is 1. The Balaban J connectivity index is 1.78. The maximum Gasteiger partial charge on any atom is 0.418 e. The highest BCUT2D eigenvalue weighted by atomic mass is 32.1. The topological polar surface area (TPSA) is 62.5 Å². The predicted octanol–water partition coefficient (Wildman–Crippen LogP) is 3.95. The Morgan fingerprint density at radius 3 is 2.50 bits per heavy atom. The van der Waals surface area contributed by atoms with E-state index in [0.29, 0.717) is 32.2 Å². The van der Waals surface area contributed by atoms with E-state index in [1.165, 1.54) is 6.07 Å². The molecule has 10 heteroatoms. The number of benzene rings is 1. The van der Waals surface area contributed by atoms with Gasteiger partial charge in [-0.05, 0) is 13.0 Å². The molecule has 6 nitrogen and oxygen atoms in total. The largest absolute Gasteiger partial charge is 0.418 e. The van der Waals surface area contributed by atoms with Crippen LogP contribution in [0.15, 0.2) is 29.8 Å². The zero-order valence-corrected chi connectivity index (χ0v) is 14.8. The number of rotatable bonds is 4. The van der Waals surface area contributed by atoms with Gasteiger partial charge in [0.05, 0.1) is 16.5 Å². The van der Waals surface area contributed by atoms with E-state index >= 15 is 0 Å². The summed E-state index contributed by atoms with van der Waals surface area (Å²) in [6.45, 7) is 4.04. The molecule has 1 aliphatic rings. The first kappa shape index (κ1) is 18.6. The number of nitrogens with zero attached hydrogens (tertiary/aromatic N) is 4. The normalized spacial score (nSPS) is 17.3. The predicted molar refractivity (Wildman–Crippen MR) is 92.4 cm³/mol. The minimum Gasteiger partial charge on any atom is -0.368 e. The first-order valence-electron chi connectivity index (χ1n) is 8.01. The highest BCUT2D eigenvalue weighted by Crippen LogP contribution is 2.39. The standard InChI is InChI=1S/C16H17F3N4O2S/c1-11(15-20-4-9-26-15)21-5-7-22(8-6-21)14-3-2-12(23(24)25)10-13(14)16(17,18)19/h2-4,9-11H,5-8H2,1H3. The summed E-state index contributed by atoms with van der Waals surface area (Å²) < 4.78 is 40.1. The molecule has 1 saturated heterocycles. The molecule has 0 radical (unpaired) electrons. The molecular weight excluding hydrogens is 369 g/mol. The smallest absolute Gasteiger partial charge is 0.368 e. The zero-order valence-electron chi connectivity index (χ0n) is 13.9. The number of nitro benzene ring substituents is 1. The summed E-state index contributed by atoms with van der Waals surface area (Å²) in [4.78, 5) is 18.1. The number of hydrogen-bond donors (Lipinski definition) is 0. The molecule has 0 aliphatic carbocycles. The van der Waals surface area contributed by atoms with Crippen molar-refractivity contribution in [2.45, 2.75) is 19.1 Å². The first-order valence-corrected chi connectivity index (χ1v) is 8.89. The van der Waals surface area contributed by atoms with Gasteiger partial charge in [-0.1, -0.05) is 0 Å². The number of hydrogen-bond acceptors (Lipinski definition) is 6. The van der Waals surface area contributed by atoms with Gasteiger partial charge >= 0.3 is 6.18 Å². The van der Waals surface area contributed by atoms with E-state index in [2.05, 4.69) is 9.88 Å². The van der Waals surface area contributed by atoms with Crippen molar-refractivity contribution in [2.75, 3.05) is 31.1 Å². The van der Waals surface area contributed by atoms with Crippen LogP contribution >= 0.6 is 11.3 Å². The molecule has 0 saturated carbocycles. The van der Waals surface area contributed by atoms with Gasteiger partial charge in [0.15, 0.2) is 0 Å². The van der Waals surface area contributed by atoms with Crippen LogP contribution in [0.4, 0.5) is 24.5 Å². The van der Waals surface area contributed by atoms with E-state index in [4.69, 9.17) is 0 Å². The molecule has 26 heavy (non-hydrogen) atoms. The van der Waals surface area contributed by atoms with Crippen molar-refractivity contribution in [1.82, 2.24) is 9.88 Å². The van der Waals surface area contributed by atoms with Gasteiger partial charge < -0.3 is 4.90 Å². The van der Waals surface area contributed by atoms with Crippen LogP contribution in [0.5, 0.6) is 0 Å². The number of thiazole rings is 1. The van der Waals surface area contributed by atoms with E-state index in [1.807, 2.05) is 12.3 Å². The summed E-state index contributed by atoms with van der Waals surface area (Å²) in [7, 11) is 0. The van der Waals surface area contributed by atoms with E-state index in [-0.39, 0.29) is 11.7 Å². The van der Waals surface area contributed by atoms with Gasteiger partial charge in [-0.25, -0.2) is 4.98 Å². The van der Waals surface area contributed by atoms with E-state index in [1.54, 1.807) is 22.4 Å². The number of halogens is 3. The molecule has 1 aromatic heterocycles. The minimum absolute atomic E-state index is 0.00958. The molecule has 1 atom stereocenters. The van der Waals surface area contributed by atoms with Crippen LogP contribution in [0, 0.1) is 10.1 Å². The Hall–Kier alpha value is -2.20. The third-order valence-corrected chi connectivity index (χ3v) is 5.45. The maximum atomic E-state index is 13.4. The molecule has 0 N–H and O–H groups in total. The fraction of sp³-hybridized carbons (Fsp3) is 0.438. The molecule has 1 aliphatic heterocycles. The Kier molecular flexibility index (Phi) is 5.15. The average molecular weight is 386 g/mol. The zero-order chi connectivity index (χ0) is 18.9. The van der Waals surface area contributed by atoms with Crippen LogP contribution in [0.1, 0.15) is 23.5 Å². The maximum absolute atomic E-state index is 13.4. The van der Waals surface area contributed by atoms with Gasteiger partial charge in [0, 0.05) is 55.6 Å². The fourth-order valence-corrected chi connectivity index (χ4v) is 3.82. The van der Waals surface area contributed by atoms with Crippen LogP contribution in [0.3, 0.4) is 0 Å². The third kappa shape index (κ3) is 3.80. The molecular formula is C16H17F3N4O2S. The Morgan fingerprint density at radius 2 is 1.96 bits per heavy atom. The number of piperazine rings is 1. The summed E-state index contributed by atoms with van der Waals surface area (Å²) in [5.74, 6) is 0. The van der Waals surface area contributed by atoms with Crippen LogP contribution in [-0.4, -0.2) is 41.0 Å². The Labute approximate surface area is 152 Å². The summed E-state index contributed by atoms with van der Waals surface area (Å²) in [5.41, 5.74) is -1.53. The molecule has 1 unspecified atom stereocenters. The second kappa shape index (κ2) is 7.20. The van der Waals surface area contributed by atoms with Gasteiger partial charge in [-0.3, -0.25) is 15.0 Å². The Morgan fingerprint density at radius 1 is 1.27 bits per heavy atom. The molecule has 2 heterocycles. The molecule has 1 fully saturated rings. The number of nitro groups is 1. The first-order chi connectivity index (χ1) is 12.3. The van der Waals surface area contributed by atoms with Crippen LogP contribution < -0.4 is 4.90 Å². The van der Waals surface area contributed by atoms with Crippen molar-refractivity contribution < 1.29 is 18.1 Å². The van der Waals surface area contributed by atoms with Crippen molar-refractivity contribution >= 4 is 22.7 Å². The summed E-state index contributed by atoms with van der Waals surface area (Å²) in [6, 6.07) is 3.03. The minimum atomic E-state index is -4.65. The van der Waals surface area contributed by atoms with Crippen molar-refractivity contribution in [1.29, 1.82) is 0 Å². The Bertz CT molecular complexity index is 774. The quantitative estimate of drug-likeness (QED) is 0.588. The van der Waals surface area contributed by atoms with E-state index in [0.717, 1.165) is 11.1 Å². The van der Waals surface area contributed by atoms with Gasteiger partial charge in [-0.2, -0.15) is 13.2 Å². The second-order valence-electron chi connectivity index (χ2n) is 6.03. The van der Waals surface area contributed by atoms with Crippen molar-refractivity contribution in [3.63, 3.8) is 0 Å². The van der Waals surface area contributed by atoms with Crippen LogP contribution in [-0.2, 0) is 6.18 Å². The summed E-state index contributed by atoms with van der Waals surface area (Å²) in [5, 5.41) is 13.7. The number of alkyl halides is 3. The summed E-state index contributed by atoms with van der Waals surface area (Å²) >= 11 is 1.55. The van der Waals surface area contributed by atoms with Crippen molar-refractivity contribution in [3.05, 3.63) is 50.5 Å². The number of aromatic nitrogens is 1. The molecule has 1 aromatic carbocycles. The van der Waals surface area contributed by atoms with Gasteiger partial charge in [0.25, 0.3) is 5.69 Å². The highest BCUT2D eigenvalue weighted by molar-refractivity contribution is 7.09. The molecule has 0 amide bonds. The highest BCUT2D eigenvalue weighted by Gasteiger charge is 2.37. The monoisotopic (exact) mass is 386 g/mol. The molecule has 3 rings (SSSR count). The molecule has 0 bridgehead atoms. The van der Waals surface area contributed by atoms with Gasteiger partial charge in [-0.15, -0.1) is 11.3 Å². The van der Waals surface area contributed by atoms with Gasteiger partial charge in [0.1, 0.15) is 5.01 Å². The van der Waals surface area contributed by atoms with Crippen LogP contribution in [0.2, 0.25) is 0 Å². The SMILES string of the molecule is CC(c1nccs1)N1CCN(c2ccc([N+](=O)[O-])cc2C(F)(F)F)CC1. The van der Waals surface area contributed by atoms with Crippen LogP contribution in [0.25, 0.3) is 0 Å². The molecule has 2 aromatic rings. The lowest BCUT2D eigenvalue weighted by molar-refractivity contribution is -0.385. The molecule has 0 spiro atoms. The third-order valence-electron chi connectivity index (χ3n) is 4.51. The molecule has 140 valence electrons.